The van der Waals surface area contributed by atoms with Gasteiger partial charge in [-0.25, -0.2) is 15.0 Å². The molecule has 0 radical (unpaired) electrons. The third-order valence-electron chi connectivity index (χ3n) is 12.1. The van der Waals surface area contributed by atoms with E-state index in [4.69, 9.17) is 15.0 Å². The molecule has 2 saturated carbocycles. The highest BCUT2D eigenvalue weighted by Crippen LogP contribution is 2.54. The lowest BCUT2D eigenvalue weighted by Crippen LogP contribution is -2.42. The summed E-state index contributed by atoms with van der Waals surface area (Å²) in [7, 11) is 0. The Labute approximate surface area is 335 Å². The van der Waals surface area contributed by atoms with E-state index in [9.17, 15) is 10.5 Å². The standard InChI is InChI=1S/C52H43N5/c1-34-21-38-22-35(2)30-52(29-34,31-38)48-19-17-40(18-20-48)45-26-46(42-14-8-13-41(25-42)39-11-4-3-5-12-39)28-47(27-45)51-56-49(43-15-6-9-36(23-43)32-53)55-50(57-51)44-16-7-10-37(24-44)33-54/h3-20,23-28,34-35,38H,21-22,29-31H2,1-2H3/t34-,35+,38?,52?. The molecule has 0 spiro atoms. The maximum Gasteiger partial charge on any atom is 0.164 e. The SMILES string of the molecule is C[C@@H]1CC2C[C@H](C)CC(c3ccc(-c4cc(-c5cccc(-c6ccccc6)c5)cc(-c5nc(-c6cccc(C#N)c6)nc(-c6cccc(C#N)c6)n5)c4)cc3)(C2)C1. The minimum absolute atomic E-state index is 0.257. The number of nitriles is 2. The molecule has 2 unspecified atom stereocenters. The van der Waals surface area contributed by atoms with Crippen LogP contribution < -0.4 is 0 Å². The molecular weight excluding hydrogens is 695 g/mol. The summed E-state index contributed by atoms with van der Waals surface area (Å²) in [5, 5.41) is 19.4. The second-order valence-electron chi connectivity index (χ2n) is 16.5. The van der Waals surface area contributed by atoms with E-state index in [-0.39, 0.29) is 5.41 Å². The monoisotopic (exact) mass is 737 g/mol. The van der Waals surface area contributed by atoms with Crippen molar-refractivity contribution in [3.63, 3.8) is 0 Å². The van der Waals surface area contributed by atoms with Gasteiger partial charge in [0, 0.05) is 16.7 Å². The first kappa shape index (κ1) is 36.0. The third kappa shape index (κ3) is 7.38. The van der Waals surface area contributed by atoms with Gasteiger partial charge in [0.15, 0.2) is 17.5 Å². The van der Waals surface area contributed by atoms with Crippen molar-refractivity contribution < 1.29 is 0 Å². The molecule has 0 saturated heterocycles. The fourth-order valence-corrected chi connectivity index (χ4v) is 9.89. The molecule has 1 aromatic heterocycles. The number of hydrogen-bond donors (Lipinski definition) is 0. The average Bonchev–Trinajstić information content (AvgIpc) is 3.26. The molecule has 2 bridgehead atoms. The lowest BCUT2D eigenvalue weighted by molar-refractivity contribution is 0.0780. The van der Waals surface area contributed by atoms with Crippen LogP contribution in [0.3, 0.4) is 0 Å². The highest BCUT2D eigenvalue weighted by Gasteiger charge is 2.45. The van der Waals surface area contributed by atoms with Crippen LogP contribution in [-0.2, 0) is 5.41 Å². The van der Waals surface area contributed by atoms with Gasteiger partial charge >= 0.3 is 0 Å². The van der Waals surface area contributed by atoms with Crippen LogP contribution in [0.4, 0.5) is 0 Å². The zero-order valence-electron chi connectivity index (χ0n) is 32.4. The number of aromatic nitrogens is 3. The highest BCUT2D eigenvalue weighted by molar-refractivity contribution is 5.82. The smallest absolute Gasteiger partial charge is 0.164 e. The van der Waals surface area contributed by atoms with Crippen molar-refractivity contribution >= 4 is 0 Å². The summed E-state index contributed by atoms with van der Waals surface area (Å²) < 4.78 is 0. The molecule has 0 N–H and O–H groups in total. The van der Waals surface area contributed by atoms with Crippen LogP contribution in [0.5, 0.6) is 0 Å². The van der Waals surface area contributed by atoms with Crippen LogP contribution in [0.2, 0.25) is 0 Å². The molecule has 6 aromatic carbocycles. The topological polar surface area (TPSA) is 86.2 Å². The normalized spacial score (nSPS) is 20.0. The molecule has 7 aromatic rings. The Morgan fingerprint density at radius 1 is 0.439 bits per heavy atom. The number of rotatable bonds is 7. The van der Waals surface area contributed by atoms with Crippen LogP contribution >= 0.6 is 0 Å². The van der Waals surface area contributed by atoms with Gasteiger partial charge in [-0.15, -0.1) is 0 Å². The first-order valence-electron chi connectivity index (χ1n) is 20.0. The quantitative estimate of drug-likeness (QED) is 0.163. The van der Waals surface area contributed by atoms with Crippen molar-refractivity contribution in [1.29, 1.82) is 10.5 Å². The maximum absolute atomic E-state index is 9.72. The molecule has 2 fully saturated rings. The third-order valence-corrected chi connectivity index (χ3v) is 12.1. The second-order valence-corrected chi connectivity index (χ2v) is 16.5. The number of fused-ring (bicyclic) bond motifs is 2. The Hall–Kier alpha value is -6.69. The number of benzene rings is 6. The van der Waals surface area contributed by atoms with Gasteiger partial charge in [-0.2, -0.15) is 10.5 Å². The molecule has 1 heterocycles. The minimum Gasteiger partial charge on any atom is -0.208 e. The fraction of sp³-hybridized carbons (Fsp3) is 0.212. The maximum atomic E-state index is 9.72. The number of nitrogens with zero attached hydrogens (tertiary/aromatic N) is 5. The summed E-state index contributed by atoms with van der Waals surface area (Å²) in [4.78, 5) is 15.1. The lowest BCUT2D eigenvalue weighted by atomic mass is 9.54. The van der Waals surface area contributed by atoms with Crippen molar-refractivity contribution in [2.45, 2.75) is 51.4 Å². The zero-order valence-corrected chi connectivity index (χ0v) is 32.4. The van der Waals surface area contributed by atoms with Crippen molar-refractivity contribution in [2.75, 3.05) is 0 Å². The van der Waals surface area contributed by atoms with Crippen LogP contribution in [0.25, 0.3) is 67.5 Å². The van der Waals surface area contributed by atoms with E-state index < -0.39 is 0 Å². The van der Waals surface area contributed by atoms with Crippen molar-refractivity contribution in [3.05, 3.63) is 162 Å². The summed E-state index contributed by atoms with van der Waals surface area (Å²) >= 11 is 0. The van der Waals surface area contributed by atoms with Crippen LogP contribution in [0, 0.1) is 40.4 Å². The van der Waals surface area contributed by atoms with Gasteiger partial charge in [0.05, 0.1) is 23.3 Å². The molecule has 4 atom stereocenters. The Bertz CT molecular complexity index is 2590. The van der Waals surface area contributed by atoms with Crippen LogP contribution in [0.15, 0.2) is 146 Å². The van der Waals surface area contributed by atoms with Gasteiger partial charge in [-0.3, -0.25) is 0 Å². The Morgan fingerprint density at radius 3 is 1.46 bits per heavy atom. The van der Waals surface area contributed by atoms with Crippen molar-refractivity contribution in [3.8, 4) is 79.7 Å². The Kier molecular flexibility index (Phi) is 9.53. The Morgan fingerprint density at radius 2 is 0.877 bits per heavy atom. The van der Waals surface area contributed by atoms with Gasteiger partial charge in [-0.1, -0.05) is 111 Å². The van der Waals surface area contributed by atoms with Gasteiger partial charge in [0.25, 0.3) is 0 Å². The summed E-state index contributed by atoms with van der Waals surface area (Å²) in [6.45, 7) is 4.90. The molecule has 0 amide bonds. The molecule has 0 aliphatic heterocycles. The van der Waals surface area contributed by atoms with E-state index in [2.05, 4.69) is 117 Å². The van der Waals surface area contributed by atoms with E-state index >= 15 is 0 Å². The first-order chi connectivity index (χ1) is 27.8. The predicted octanol–water partition coefficient (Wildman–Crippen LogP) is 12.7. The summed E-state index contributed by atoms with van der Waals surface area (Å²) in [6, 6.07) is 54.3. The molecule has 5 heteroatoms. The van der Waals surface area contributed by atoms with Crippen LogP contribution in [-0.4, -0.2) is 15.0 Å². The van der Waals surface area contributed by atoms with E-state index in [1.165, 1.54) is 37.7 Å². The summed E-state index contributed by atoms with van der Waals surface area (Å²) in [5.41, 5.74) is 11.7. The summed E-state index contributed by atoms with van der Waals surface area (Å²) in [5.74, 6) is 3.75. The zero-order chi connectivity index (χ0) is 38.9. The lowest BCUT2D eigenvalue weighted by Gasteiger charge is -2.50. The number of hydrogen-bond acceptors (Lipinski definition) is 5. The molecule has 2 aliphatic carbocycles. The fourth-order valence-electron chi connectivity index (χ4n) is 9.89. The van der Waals surface area contributed by atoms with Gasteiger partial charge < -0.3 is 0 Å². The van der Waals surface area contributed by atoms with Gasteiger partial charge in [0.1, 0.15) is 0 Å². The first-order valence-corrected chi connectivity index (χ1v) is 20.0. The summed E-state index contributed by atoms with van der Waals surface area (Å²) in [6.07, 6.45) is 6.56. The molecule has 57 heavy (non-hydrogen) atoms. The largest absolute Gasteiger partial charge is 0.208 e. The van der Waals surface area contributed by atoms with E-state index in [0.717, 1.165) is 56.7 Å². The minimum atomic E-state index is 0.257. The average molecular weight is 738 g/mol. The molecule has 9 rings (SSSR count). The molecule has 2 aliphatic rings. The molecule has 276 valence electrons. The highest BCUT2D eigenvalue weighted by atomic mass is 15.0. The van der Waals surface area contributed by atoms with Crippen molar-refractivity contribution in [1.82, 2.24) is 15.0 Å². The predicted molar refractivity (Wildman–Crippen MR) is 228 cm³/mol. The molecular formula is C52H43N5. The van der Waals surface area contributed by atoms with Crippen LogP contribution in [0.1, 0.15) is 62.6 Å². The molecule has 5 nitrogen and oxygen atoms in total. The second kappa shape index (κ2) is 15.1. The van der Waals surface area contributed by atoms with E-state index in [1.54, 1.807) is 24.3 Å². The Balaban J connectivity index is 1.21. The van der Waals surface area contributed by atoms with Gasteiger partial charge in [0.2, 0.25) is 0 Å². The van der Waals surface area contributed by atoms with E-state index in [0.29, 0.717) is 39.7 Å². The van der Waals surface area contributed by atoms with Gasteiger partial charge in [-0.05, 0) is 143 Å². The van der Waals surface area contributed by atoms with Crippen molar-refractivity contribution in [2.24, 2.45) is 17.8 Å². The van der Waals surface area contributed by atoms with E-state index in [1.807, 2.05) is 30.3 Å².